The number of carbonyl (C=O) groups is 4. The maximum absolute atomic E-state index is 12.4. The fraction of sp³-hybridized carbons (Fsp3) is 0.267. The second-order valence-corrected chi connectivity index (χ2v) is 9.85. The number of hydrogen-bond acceptors (Lipinski definition) is 6. The molecule has 3 rings (SSSR count). The maximum Gasteiger partial charge on any atom is 0.269 e. The first-order valence-corrected chi connectivity index (χ1v) is 12.9. The summed E-state index contributed by atoms with van der Waals surface area (Å²) < 4.78 is 11.2. The molecule has 0 bridgehead atoms. The van der Waals surface area contributed by atoms with Gasteiger partial charge in [-0.05, 0) is 84.6 Å². The van der Waals surface area contributed by atoms with Crippen LogP contribution < -0.4 is 31.2 Å². The molecule has 0 fully saturated rings. The average Bonchev–Trinajstić information content (AvgIpc) is 2.96. The molecule has 3 aromatic rings. The van der Waals surface area contributed by atoms with Crippen LogP contribution >= 0.6 is 0 Å². The molecule has 4 amide bonds. The highest BCUT2D eigenvalue weighted by atomic mass is 16.5. The molecule has 0 aromatic heterocycles. The number of hydrazine groups is 2. The third kappa shape index (κ3) is 9.16. The minimum Gasteiger partial charge on any atom is -0.493 e. The molecule has 0 saturated heterocycles. The Morgan fingerprint density at radius 2 is 0.700 bits per heavy atom. The Labute approximate surface area is 233 Å². The van der Waals surface area contributed by atoms with E-state index in [1.165, 1.54) is 24.3 Å². The van der Waals surface area contributed by atoms with Gasteiger partial charge in [-0.3, -0.25) is 40.9 Å². The Morgan fingerprint density at radius 3 is 0.925 bits per heavy atom. The largest absolute Gasteiger partial charge is 0.493 e. The van der Waals surface area contributed by atoms with Gasteiger partial charge in [0.1, 0.15) is 11.5 Å². The molecule has 10 nitrogen and oxygen atoms in total. The van der Waals surface area contributed by atoms with Gasteiger partial charge in [0.05, 0.1) is 13.2 Å². The summed E-state index contributed by atoms with van der Waals surface area (Å²) in [5, 5.41) is 0. The van der Waals surface area contributed by atoms with Crippen molar-refractivity contribution in [2.75, 3.05) is 13.2 Å². The third-order valence-electron chi connectivity index (χ3n) is 5.39. The van der Waals surface area contributed by atoms with E-state index in [-0.39, 0.29) is 11.1 Å². The first kappa shape index (κ1) is 29.7. The second-order valence-electron chi connectivity index (χ2n) is 9.85. The van der Waals surface area contributed by atoms with Gasteiger partial charge in [-0.2, -0.15) is 0 Å². The van der Waals surface area contributed by atoms with Crippen LogP contribution in [0.5, 0.6) is 11.5 Å². The molecule has 4 N–H and O–H groups in total. The smallest absolute Gasteiger partial charge is 0.269 e. The Hall–Kier alpha value is -4.86. The van der Waals surface area contributed by atoms with E-state index in [0.717, 1.165) is 0 Å². The van der Waals surface area contributed by atoms with Crippen LogP contribution in [0.15, 0.2) is 72.8 Å². The first-order valence-electron chi connectivity index (χ1n) is 12.9. The fourth-order valence-electron chi connectivity index (χ4n) is 3.22. The monoisotopic (exact) mass is 546 g/mol. The minimum absolute atomic E-state index is 0.220. The van der Waals surface area contributed by atoms with Crippen molar-refractivity contribution < 1.29 is 28.7 Å². The van der Waals surface area contributed by atoms with E-state index in [1.807, 2.05) is 27.7 Å². The van der Waals surface area contributed by atoms with E-state index in [0.29, 0.717) is 47.7 Å². The number of carbonyl (C=O) groups excluding carboxylic acids is 4. The van der Waals surface area contributed by atoms with Crippen LogP contribution in [0, 0.1) is 11.8 Å². The fourth-order valence-corrected chi connectivity index (χ4v) is 3.22. The summed E-state index contributed by atoms with van der Waals surface area (Å²) in [4.78, 5) is 49.5. The normalized spacial score (nSPS) is 10.6. The topological polar surface area (TPSA) is 135 Å². The van der Waals surface area contributed by atoms with Crippen LogP contribution in [0.1, 0.15) is 69.1 Å². The zero-order valence-corrected chi connectivity index (χ0v) is 22.9. The van der Waals surface area contributed by atoms with Crippen molar-refractivity contribution in [1.29, 1.82) is 0 Å². The predicted octanol–water partition coefficient (Wildman–Crippen LogP) is 3.91. The minimum atomic E-state index is -0.564. The SMILES string of the molecule is CC(C)COc1ccc(C(=O)NNC(=O)c2ccc(C(=O)NNC(=O)c3ccc(OCC(C)C)cc3)cc2)cc1. The lowest BCUT2D eigenvalue weighted by Crippen LogP contribution is -2.42. The van der Waals surface area contributed by atoms with E-state index < -0.39 is 23.6 Å². The van der Waals surface area contributed by atoms with E-state index in [9.17, 15) is 19.2 Å². The third-order valence-corrected chi connectivity index (χ3v) is 5.39. The summed E-state index contributed by atoms with van der Waals surface area (Å²) in [6, 6.07) is 18.8. The lowest BCUT2D eigenvalue weighted by molar-refractivity contribution is 0.0844. The molecule has 0 aliphatic heterocycles. The summed E-state index contributed by atoms with van der Waals surface area (Å²) >= 11 is 0. The zero-order valence-electron chi connectivity index (χ0n) is 22.9. The highest BCUT2D eigenvalue weighted by Gasteiger charge is 2.13. The molecule has 0 aliphatic rings. The number of nitrogens with one attached hydrogen (secondary N) is 4. The van der Waals surface area contributed by atoms with Gasteiger partial charge >= 0.3 is 0 Å². The molecular weight excluding hydrogens is 512 g/mol. The maximum atomic E-state index is 12.4. The molecule has 0 atom stereocenters. The van der Waals surface area contributed by atoms with Crippen LogP contribution in [0.3, 0.4) is 0 Å². The lowest BCUT2D eigenvalue weighted by Gasteiger charge is -2.11. The van der Waals surface area contributed by atoms with Gasteiger partial charge in [0.25, 0.3) is 23.6 Å². The second kappa shape index (κ2) is 14.3. The highest BCUT2D eigenvalue weighted by Crippen LogP contribution is 2.14. The van der Waals surface area contributed by atoms with E-state index >= 15 is 0 Å². The summed E-state index contributed by atoms with van der Waals surface area (Å²) in [7, 11) is 0. The summed E-state index contributed by atoms with van der Waals surface area (Å²) in [5.74, 6) is -0.0457. The summed E-state index contributed by atoms with van der Waals surface area (Å²) in [5.41, 5.74) is 10.5. The van der Waals surface area contributed by atoms with Gasteiger partial charge in [-0.1, -0.05) is 27.7 Å². The molecule has 0 aliphatic carbocycles. The standard InChI is InChI=1S/C30H34N4O6/c1-19(2)17-39-25-13-9-23(10-14-25)29(37)33-31-27(35)21-5-7-22(8-6-21)28(36)32-34-30(38)24-11-15-26(16-12-24)40-18-20(3)4/h5-16,19-20H,17-18H2,1-4H3,(H,31,35)(H,32,36)(H,33,37)(H,34,38). The summed E-state index contributed by atoms with van der Waals surface area (Å²) in [6.45, 7) is 9.30. The molecule has 10 heteroatoms. The molecule has 0 unspecified atom stereocenters. The summed E-state index contributed by atoms with van der Waals surface area (Å²) in [6.07, 6.45) is 0. The van der Waals surface area contributed by atoms with Crippen LogP contribution in [-0.4, -0.2) is 36.8 Å². The molecule has 0 spiro atoms. The molecule has 0 saturated carbocycles. The highest BCUT2D eigenvalue weighted by molar-refractivity contribution is 6.01. The van der Waals surface area contributed by atoms with E-state index in [1.54, 1.807) is 48.5 Å². The average molecular weight is 547 g/mol. The van der Waals surface area contributed by atoms with E-state index in [4.69, 9.17) is 9.47 Å². The number of hydrogen-bond donors (Lipinski definition) is 4. The molecular formula is C30H34N4O6. The van der Waals surface area contributed by atoms with Crippen LogP contribution in [0.2, 0.25) is 0 Å². The molecule has 40 heavy (non-hydrogen) atoms. The Kier molecular flexibility index (Phi) is 10.6. The van der Waals surface area contributed by atoms with E-state index in [2.05, 4.69) is 21.7 Å². The van der Waals surface area contributed by atoms with Crippen molar-refractivity contribution in [3.05, 3.63) is 95.1 Å². The van der Waals surface area contributed by atoms with Crippen molar-refractivity contribution in [3.8, 4) is 11.5 Å². The Balaban J connectivity index is 1.45. The van der Waals surface area contributed by atoms with Crippen molar-refractivity contribution in [3.63, 3.8) is 0 Å². The first-order chi connectivity index (χ1) is 19.1. The van der Waals surface area contributed by atoms with Gasteiger partial charge in [-0.15, -0.1) is 0 Å². The van der Waals surface area contributed by atoms with Crippen LogP contribution in [-0.2, 0) is 0 Å². The van der Waals surface area contributed by atoms with Crippen LogP contribution in [0.4, 0.5) is 0 Å². The number of benzene rings is 3. The molecule has 0 radical (unpaired) electrons. The molecule has 210 valence electrons. The Morgan fingerprint density at radius 1 is 0.475 bits per heavy atom. The Bertz CT molecular complexity index is 1200. The number of rotatable bonds is 10. The lowest BCUT2D eigenvalue weighted by atomic mass is 10.1. The van der Waals surface area contributed by atoms with Crippen molar-refractivity contribution >= 4 is 23.6 Å². The van der Waals surface area contributed by atoms with Crippen molar-refractivity contribution in [2.45, 2.75) is 27.7 Å². The van der Waals surface area contributed by atoms with Crippen molar-refractivity contribution in [1.82, 2.24) is 21.7 Å². The van der Waals surface area contributed by atoms with Crippen LogP contribution in [0.25, 0.3) is 0 Å². The van der Waals surface area contributed by atoms with Gasteiger partial charge in [-0.25, -0.2) is 0 Å². The molecule has 3 aromatic carbocycles. The van der Waals surface area contributed by atoms with Gasteiger partial charge in [0.2, 0.25) is 0 Å². The van der Waals surface area contributed by atoms with Crippen molar-refractivity contribution in [2.24, 2.45) is 11.8 Å². The molecule has 0 heterocycles. The number of ether oxygens (including phenoxy) is 2. The van der Waals surface area contributed by atoms with Gasteiger partial charge < -0.3 is 9.47 Å². The predicted molar refractivity (Wildman–Crippen MR) is 150 cm³/mol. The van der Waals surface area contributed by atoms with Gasteiger partial charge in [0.15, 0.2) is 0 Å². The quantitative estimate of drug-likeness (QED) is 0.285. The van der Waals surface area contributed by atoms with Gasteiger partial charge in [0, 0.05) is 22.3 Å². The number of amides is 4. The zero-order chi connectivity index (χ0) is 29.1.